The van der Waals surface area contributed by atoms with Crippen molar-refractivity contribution in [2.45, 2.75) is 27.0 Å². The Kier molecular flexibility index (Phi) is 5.65. The maximum Gasteiger partial charge on any atom is 0.276 e. The van der Waals surface area contributed by atoms with E-state index in [4.69, 9.17) is 9.26 Å². The Morgan fingerprint density at radius 3 is 2.81 bits per heavy atom. The molecule has 2 heterocycles. The topological polar surface area (TPSA) is 73.4 Å². The molecule has 1 amide bonds. The Morgan fingerprint density at radius 1 is 1.37 bits per heavy atom. The van der Waals surface area contributed by atoms with Crippen LogP contribution >= 0.6 is 15.9 Å². The van der Waals surface area contributed by atoms with Crippen LogP contribution in [0.1, 0.15) is 33.1 Å². The lowest BCUT2D eigenvalue weighted by atomic mass is 10.2. The van der Waals surface area contributed by atoms with Crippen LogP contribution in [-0.2, 0) is 20.2 Å². The lowest BCUT2D eigenvalue weighted by molar-refractivity contribution is 0.0769. The smallest absolute Gasteiger partial charge is 0.276 e. The normalized spacial score (nSPS) is 10.9. The predicted molar refractivity (Wildman–Crippen MR) is 103 cm³/mol. The molecule has 0 spiro atoms. The lowest BCUT2D eigenvalue weighted by Gasteiger charge is -2.17. The quantitative estimate of drug-likeness (QED) is 0.594. The molecular formula is C19H21BrN4O3. The number of nitrogens with zero attached hydrogens (tertiary/aromatic N) is 4. The molecule has 0 atom stereocenters. The fourth-order valence-corrected chi connectivity index (χ4v) is 3.15. The summed E-state index contributed by atoms with van der Waals surface area (Å²) in [5.74, 6) is 1.07. The summed E-state index contributed by atoms with van der Waals surface area (Å²) in [6.45, 7) is 4.37. The number of carbonyl (C=O) groups excluding carboxylic acids is 1. The van der Waals surface area contributed by atoms with Gasteiger partial charge in [-0.3, -0.25) is 9.48 Å². The van der Waals surface area contributed by atoms with E-state index >= 15 is 0 Å². The predicted octanol–water partition coefficient (Wildman–Crippen LogP) is 3.64. The molecule has 8 heteroatoms. The zero-order valence-electron chi connectivity index (χ0n) is 15.7. The number of ether oxygens (including phenoxy) is 1. The minimum Gasteiger partial charge on any atom is -0.489 e. The molecule has 0 N–H and O–H groups in total. The van der Waals surface area contributed by atoms with Crippen molar-refractivity contribution in [3.05, 3.63) is 63.2 Å². The zero-order chi connectivity index (χ0) is 19.6. The monoisotopic (exact) mass is 432 g/mol. The summed E-state index contributed by atoms with van der Waals surface area (Å²) < 4.78 is 13.7. The van der Waals surface area contributed by atoms with Gasteiger partial charge in [0.2, 0.25) is 0 Å². The highest BCUT2D eigenvalue weighted by atomic mass is 79.9. The number of carbonyl (C=O) groups is 1. The van der Waals surface area contributed by atoms with E-state index < -0.39 is 0 Å². The van der Waals surface area contributed by atoms with Crippen molar-refractivity contribution >= 4 is 21.8 Å². The second-order valence-corrected chi connectivity index (χ2v) is 7.25. The summed E-state index contributed by atoms with van der Waals surface area (Å²) in [6, 6.07) is 7.74. The highest BCUT2D eigenvalue weighted by molar-refractivity contribution is 9.10. The Morgan fingerprint density at radius 2 is 2.15 bits per heavy atom. The second kappa shape index (κ2) is 7.96. The maximum absolute atomic E-state index is 12.9. The molecule has 3 aromatic rings. The fourth-order valence-electron chi connectivity index (χ4n) is 2.68. The Bertz CT molecular complexity index is 944. The van der Waals surface area contributed by atoms with E-state index in [1.165, 1.54) is 0 Å². The average molecular weight is 433 g/mol. The standard InChI is InChI=1S/C19H21BrN4O3/c1-12-6-5-7-14(8-12)26-11-15-13(2)27-22-18(15)19(25)23(3)10-17-16(20)9-21-24(17)4/h5-9H,10-11H2,1-4H3. The van der Waals surface area contributed by atoms with Gasteiger partial charge in [-0.1, -0.05) is 17.3 Å². The molecule has 0 aliphatic carbocycles. The zero-order valence-corrected chi connectivity index (χ0v) is 17.3. The van der Waals surface area contributed by atoms with Crippen LogP contribution in [0.2, 0.25) is 0 Å². The van der Waals surface area contributed by atoms with Gasteiger partial charge < -0.3 is 14.2 Å². The van der Waals surface area contributed by atoms with Gasteiger partial charge in [0, 0.05) is 14.1 Å². The summed E-state index contributed by atoms with van der Waals surface area (Å²) >= 11 is 3.45. The molecule has 3 rings (SSSR count). The molecule has 2 aromatic heterocycles. The largest absolute Gasteiger partial charge is 0.489 e. The SMILES string of the molecule is Cc1cccc(OCc2c(C(=O)N(C)Cc3c(Br)cnn3C)noc2C)c1. The molecule has 0 fully saturated rings. The van der Waals surface area contributed by atoms with Gasteiger partial charge >= 0.3 is 0 Å². The molecule has 0 unspecified atom stereocenters. The Labute approximate surface area is 166 Å². The van der Waals surface area contributed by atoms with Gasteiger partial charge in [0.05, 0.1) is 28.5 Å². The molecule has 7 nitrogen and oxygen atoms in total. The summed E-state index contributed by atoms with van der Waals surface area (Å²) in [5.41, 5.74) is 2.91. The van der Waals surface area contributed by atoms with E-state index in [1.807, 2.05) is 38.2 Å². The second-order valence-electron chi connectivity index (χ2n) is 6.40. The van der Waals surface area contributed by atoms with Crippen molar-refractivity contribution in [3.8, 4) is 5.75 Å². The Hall–Kier alpha value is -2.61. The summed E-state index contributed by atoms with van der Waals surface area (Å²) in [7, 11) is 3.55. The third kappa shape index (κ3) is 4.21. The number of aromatic nitrogens is 3. The molecule has 0 radical (unpaired) electrons. The van der Waals surface area contributed by atoms with E-state index in [0.717, 1.165) is 21.5 Å². The molecule has 0 aliphatic heterocycles. The van der Waals surface area contributed by atoms with Crippen molar-refractivity contribution in [2.24, 2.45) is 7.05 Å². The van der Waals surface area contributed by atoms with Crippen LogP contribution in [0.15, 0.2) is 39.5 Å². The molecule has 1 aromatic carbocycles. The van der Waals surface area contributed by atoms with E-state index in [0.29, 0.717) is 17.9 Å². The van der Waals surface area contributed by atoms with Crippen LogP contribution in [0, 0.1) is 13.8 Å². The van der Waals surface area contributed by atoms with Gasteiger partial charge in [-0.15, -0.1) is 0 Å². The number of hydrogen-bond donors (Lipinski definition) is 0. The molecule has 0 bridgehead atoms. The van der Waals surface area contributed by atoms with Crippen molar-refractivity contribution in [1.82, 2.24) is 19.8 Å². The molecule has 0 saturated heterocycles. The number of benzene rings is 1. The average Bonchev–Trinajstić information content (AvgIpc) is 3.16. The van der Waals surface area contributed by atoms with Gasteiger partial charge in [0.25, 0.3) is 5.91 Å². The fraction of sp³-hybridized carbons (Fsp3) is 0.316. The van der Waals surface area contributed by atoms with Crippen molar-refractivity contribution < 1.29 is 14.1 Å². The molecule has 0 aliphatic rings. The first-order valence-corrected chi connectivity index (χ1v) is 9.22. The number of rotatable bonds is 6. The summed E-state index contributed by atoms with van der Waals surface area (Å²) in [5, 5.41) is 8.13. The third-order valence-electron chi connectivity index (χ3n) is 4.30. The van der Waals surface area contributed by atoms with E-state index in [2.05, 4.69) is 26.2 Å². The van der Waals surface area contributed by atoms with Crippen molar-refractivity contribution in [3.63, 3.8) is 0 Å². The number of hydrogen-bond acceptors (Lipinski definition) is 5. The van der Waals surface area contributed by atoms with E-state index in [1.54, 1.807) is 29.7 Å². The maximum atomic E-state index is 12.9. The van der Waals surface area contributed by atoms with Gasteiger partial charge in [0.1, 0.15) is 18.1 Å². The molecule has 142 valence electrons. The number of aryl methyl sites for hydroxylation is 3. The number of amides is 1. The first-order chi connectivity index (χ1) is 12.9. The first-order valence-electron chi connectivity index (χ1n) is 8.43. The number of halogens is 1. The minimum absolute atomic E-state index is 0.211. The van der Waals surface area contributed by atoms with E-state index in [-0.39, 0.29) is 18.2 Å². The highest BCUT2D eigenvalue weighted by Gasteiger charge is 2.24. The van der Waals surface area contributed by atoms with Crippen molar-refractivity contribution in [1.29, 1.82) is 0 Å². The van der Waals surface area contributed by atoms with Crippen LogP contribution in [0.3, 0.4) is 0 Å². The van der Waals surface area contributed by atoms with Crippen LogP contribution in [-0.4, -0.2) is 32.8 Å². The van der Waals surface area contributed by atoms with Gasteiger partial charge in [-0.25, -0.2) is 0 Å². The van der Waals surface area contributed by atoms with Gasteiger partial charge in [-0.05, 0) is 47.5 Å². The van der Waals surface area contributed by atoms with Crippen LogP contribution < -0.4 is 4.74 Å². The van der Waals surface area contributed by atoms with E-state index in [9.17, 15) is 4.79 Å². The molecule has 27 heavy (non-hydrogen) atoms. The minimum atomic E-state index is -0.234. The summed E-state index contributed by atoms with van der Waals surface area (Å²) in [4.78, 5) is 14.5. The first kappa shape index (κ1) is 19.2. The van der Waals surface area contributed by atoms with Gasteiger partial charge in [-0.2, -0.15) is 5.10 Å². The summed E-state index contributed by atoms with van der Waals surface area (Å²) in [6.07, 6.45) is 1.70. The molecular weight excluding hydrogens is 412 g/mol. The third-order valence-corrected chi connectivity index (χ3v) is 4.97. The van der Waals surface area contributed by atoms with Crippen LogP contribution in [0.4, 0.5) is 0 Å². The van der Waals surface area contributed by atoms with Crippen LogP contribution in [0.5, 0.6) is 5.75 Å². The Balaban J connectivity index is 1.75. The highest BCUT2D eigenvalue weighted by Crippen LogP contribution is 2.21. The van der Waals surface area contributed by atoms with Crippen molar-refractivity contribution in [2.75, 3.05) is 7.05 Å². The lowest BCUT2D eigenvalue weighted by Crippen LogP contribution is -2.28. The van der Waals surface area contributed by atoms with Gasteiger partial charge in [0.15, 0.2) is 5.69 Å². The van der Waals surface area contributed by atoms with Crippen LogP contribution in [0.25, 0.3) is 0 Å². The molecule has 0 saturated carbocycles.